The van der Waals surface area contributed by atoms with E-state index in [2.05, 4.69) is 35.3 Å². The highest BCUT2D eigenvalue weighted by Crippen LogP contribution is 2.31. The van der Waals surface area contributed by atoms with Gasteiger partial charge in [-0.15, -0.1) is 5.10 Å². The van der Waals surface area contributed by atoms with Crippen LogP contribution in [0.25, 0.3) is 11.0 Å². The van der Waals surface area contributed by atoms with Crippen LogP contribution in [0.2, 0.25) is 0 Å². The summed E-state index contributed by atoms with van der Waals surface area (Å²) in [6, 6.07) is 13.8. The third-order valence-electron chi connectivity index (χ3n) is 5.93. The summed E-state index contributed by atoms with van der Waals surface area (Å²) < 4.78 is 18.2. The highest BCUT2D eigenvalue weighted by Gasteiger charge is 2.19. The van der Waals surface area contributed by atoms with Crippen molar-refractivity contribution >= 4 is 22.4 Å². The Morgan fingerprint density at radius 3 is 2.60 bits per heavy atom. The van der Waals surface area contributed by atoms with E-state index in [-0.39, 0.29) is 11.6 Å². The van der Waals surface area contributed by atoms with Crippen LogP contribution in [0.3, 0.4) is 0 Å². The zero-order valence-electron chi connectivity index (χ0n) is 20.6. The van der Waals surface area contributed by atoms with Gasteiger partial charge in [0.15, 0.2) is 17.3 Å². The molecule has 0 saturated heterocycles. The molecule has 0 bridgehead atoms. The van der Waals surface area contributed by atoms with Gasteiger partial charge in [0.1, 0.15) is 5.75 Å². The van der Waals surface area contributed by atoms with Gasteiger partial charge in [-0.3, -0.25) is 4.79 Å². The Hall–Kier alpha value is -3.43. The molecule has 1 N–H and O–H groups in total. The molecule has 184 valence electrons. The van der Waals surface area contributed by atoms with Gasteiger partial charge in [-0.05, 0) is 43.2 Å². The minimum Gasteiger partial charge on any atom is -0.497 e. The van der Waals surface area contributed by atoms with Crippen LogP contribution in [0.5, 0.6) is 17.2 Å². The molecule has 35 heavy (non-hydrogen) atoms. The van der Waals surface area contributed by atoms with E-state index in [0.29, 0.717) is 39.3 Å². The summed E-state index contributed by atoms with van der Waals surface area (Å²) in [5.41, 5.74) is 1.63. The Kier molecular flexibility index (Phi) is 7.67. The van der Waals surface area contributed by atoms with E-state index in [4.69, 9.17) is 14.2 Å². The van der Waals surface area contributed by atoms with Gasteiger partial charge in [0.25, 0.3) is 5.56 Å². The third-order valence-corrected chi connectivity index (χ3v) is 6.89. The lowest BCUT2D eigenvalue weighted by Crippen LogP contribution is -2.31. The van der Waals surface area contributed by atoms with E-state index in [1.54, 1.807) is 27.4 Å². The number of methoxy groups -OCH3 is 3. The average Bonchev–Trinajstić information content (AvgIpc) is 3.41. The van der Waals surface area contributed by atoms with Gasteiger partial charge in [-0.25, -0.2) is 4.98 Å². The van der Waals surface area contributed by atoms with Crippen LogP contribution < -0.4 is 29.6 Å². The van der Waals surface area contributed by atoms with Gasteiger partial charge in [0.2, 0.25) is 4.96 Å². The number of nitrogens with zero attached hydrogens (tertiary/aromatic N) is 3. The Labute approximate surface area is 208 Å². The first-order valence-corrected chi connectivity index (χ1v) is 12.3. The molecular formula is C26H30N4O4S. The van der Waals surface area contributed by atoms with Crippen molar-refractivity contribution in [3.63, 3.8) is 0 Å². The van der Waals surface area contributed by atoms with Crippen molar-refractivity contribution in [1.29, 1.82) is 0 Å². The zero-order chi connectivity index (χ0) is 24.9. The van der Waals surface area contributed by atoms with Crippen molar-refractivity contribution in [2.75, 3.05) is 21.3 Å². The summed E-state index contributed by atoms with van der Waals surface area (Å²) in [5, 5.41) is 8.20. The minimum absolute atomic E-state index is 0.0145. The molecule has 9 heteroatoms. The fourth-order valence-electron chi connectivity index (χ4n) is 3.90. The number of rotatable bonds is 10. The Balaban J connectivity index is 1.67. The smallest absolute Gasteiger partial charge is 0.291 e. The Morgan fingerprint density at radius 1 is 1.11 bits per heavy atom. The second-order valence-electron chi connectivity index (χ2n) is 8.23. The van der Waals surface area contributed by atoms with Crippen molar-refractivity contribution in [3.8, 4) is 17.2 Å². The quantitative estimate of drug-likeness (QED) is 0.362. The second-order valence-corrected chi connectivity index (χ2v) is 9.24. The molecule has 0 aliphatic heterocycles. The molecular weight excluding hydrogens is 464 g/mol. The highest BCUT2D eigenvalue weighted by atomic mass is 32.1. The van der Waals surface area contributed by atoms with Crippen LogP contribution in [0.15, 0.2) is 47.3 Å². The number of fused-ring (bicyclic) bond motifs is 1. The largest absolute Gasteiger partial charge is 0.497 e. The molecule has 0 aliphatic rings. The number of aromatic nitrogens is 3. The predicted octanol–water partition coefficient (Wildman–Crippen LogP) is 3.40. The van der Waals surface area contributed by atoms with Crippen molar-refractivity contribution in [2.24, 2.45) is 0 Å². The van der Waals surface area contributed by atoms with Crippen molar-refractivity contribution in [3.05, 3.63) is 74.3 Å². The van der Waals surface area contributed by atoms with E-state index in [1.807, 2.05) is 36.4 Å². The molecule has 0 fully saturated rings. The number of benzene rings is 2. The van der Waals surface area contributed by atoms with E-state index < -0.39 is 0 Å². The van der Waals surface area contributed by atoms with Gasteiger partial charge in [0.05, 0.1) is 25.9 Å². The van der Waals surface area contributed by atoms with Crippen LogP contribution in [0.4, 0.5) is 0 Å². The molecule has 2 heterocycles. The summed E-state index contributed by atoms with van der Waals surface area (Å²) in [5.74, 6) is 2.59. The molecule has 2 unspecified atom stereocenters. The number of nitrogens with one attached hydrogen (secondary N) is 1. The molecule has 4 rings (SSSR count). The normalized spacial score (nSPS) is 13.7. The average molecular weight is 495 g/mol. The van der Waals surface area contributed by atoms with Crippen molar-refractivity contribution < 1.29 is 14.2 Å². The van der Waals surface area contributed by atoms with Crippen LogP contribution >= 0.6 is 11.3 Å². The molecule has 0 amide bonds. The molecule has 4 aromatic rings. The van der Waals surface area contributed by atoms with Gasteiger partial charge in [-0.1, -0.05) is 42.5 Å². The summed E-state index contributed by atoms with van der Waals surface area (Å²) in [4.78, 5) is 18.3. The second kappa shape index (κ2) is 10.9. The number of hydrogen-bond acceptors (Lipinski definition) is 8. The molecule has 0 radical (unpaired) electrons. The third kappa shape index (κ3) is 5.31. The molecule has 0 aliphatic carbocycles. The molecule has 2 atom stereocenters. The summed E-state index contributed by atoms with van der Waals surface area (Å²) >= 11 is 1.30. The molecule has 2 aromatic heterocycles. The Morgan fingerprint density at radius 2 is 1.91 bits per heavy atom. The first-order valence-electron chi connectivity index (χ1n) is 11.5. The van der Waals surface area contributed by atoms with E-state index >= 15 is 0 Å². The molecule has 0 spiro atoms. The zero-order valence-corrected chi connectivity index (χ0v) is 21.4. The lowest BCUT2D eigenvalue weighted by molar-refractivity contribution is 0.354. The SMILES string of the molecule is CCC(C)NC(Cc1nc2sc(=Cc3cccc(OC)c3OC)c(=O)n2n1)c1cccc(OC)c1. The monoisotopic (exact) mass is 494 g/mol. The van der Waals surface area contributed by atoms with Crippen LogP contribution in [0.1, 0.15) is 43.3 Å². The number of ether oxygens (including phenoxy) is 3. The summed E-state index contributed by atoms with van der Waals surface area (Å²) in [7, 11) is 4.82. The lowest BCUT2D eigenvalue weighted by Gasteiger charge is -2.22. The fourth-order valence-corrected chi connectivity index (χ4v) is 4.82. The van der Waals surface area contributed by atoms with E-state index in [9.17, 15) is 4.79 Å². The lowest BCUT2D eigenvalue weighted by atomic mass is 10.0. The maximum Gasteiger partial charge on any atom is 0.291 e. The highest BCUT2D eigenvalue weighted by molar-refractivity contribution is 7.15. The molecule has 2 aromatic carbocycles. The first-order chi connectivity index (χ1) is 17.0. The van der Waals surface area contributed by atoms with Crippen LogP contribution in [-0.2, 0) is 6.42 Å². The fraction of sp³-hybridized carbons (Fsp3) is 0.346. The predicted molar refractivity (Wildman–Crippen MR) is 138 cm³/mol. The van der Waals surface area contributed by atoms with Gasteiger partial charge >= 0.3 is 0 Å². The van der Waals surface area contributed by atoms with Crippen molar-refractivity contribution in [2.45, 2.75) is 38.8 Å². The number of thiazole rings is 1. The van der Waals surface area contributed by atoms with E-state index in [0.717, 1.165) is 23.3 Å². The van der Waals surface area contributed by atoms with Crippen LogP contribution in [0, 0.1) is 0 Å². The van der Waals surface area contributed by atoms with Crippen LogP contribution in [-0.4, -0.2) is 42.0 Å². The van der Waals surface area contributed by atoms with Gasteiger partial charge < -0.3 is 19.5 Å². The maximum atomic E-state index is 13.1. The summed E-state index contributed by atoms with van der Waals surface area (Å²) in [6.45, 7) is 4.29. The number of hydrogen-bond donors (Lipinski definition) is 1. The van der Waals surface area contributed by atoms with Gasteiger partial charge in [0, 0.05) is 24.1 Å². The first kappa shape index (κ1) is 24.7. The minimum atomic E-state index is -0.207. The van der Waals surface area contributed by atoms with E-state index in [1.165, 1.54) is 15.9 Å². The summed E-state index contributed by atoms with van der Waals surface area (Å²) in [6.07, 6.45) is 3.33. The standard InChI is InChI=1S/C26H30N4O4S/c1-6-16(2)27-20(17-9-7-11-19(13-17)32-3)15-23-28-26-30(29-23)25(31)22(35-26)14-18-10-8-12-21(33-4)24(18)34-5/h7-14,16,20,27H,6,15H2,1-5H3. The topological polar surface area (TPSA) is 87.0 Å². The maximum absolute atomic E-state index is 13.1. The van der Waals surface area contributed by atoms with Crippen molar-refractivity contribution in [1.82, 2.24) is 19.9 Å². The Bertz CT molecular complexity index is 1410. The van der Waals surface area contributed by atoms with Gasteiger partial charge in [-0.2, -0.15) is 4.52 Å². The molecule has 8 nitrogen and oxygen atoms in total. The number of para-hydroxylation sites is 1. The molecule has 0 saturated carbocycles.